The first-order valence-corrected chi connectivity index (χ1v) is 6.80. The number of nitrogens with zero attached hydrogens (tertiary/aromatic N) is 2. The lowest BCUT2D eigenvalue weighted by atomic mass is 10.1. The van der Waals surface area contributed by atoms with Gasteiger partial charge in [-0.25, -0.2) is 4.68 Å². The Balaban J connectivity index is 2.38. The zero-order valence-corrected chi connectivity index (χ0v) is 12.4. The number of aromatic nitrogens is 2. The van der Waals surface area contributed by atoms with Crippen LogP contribution in [0.4, 0.5) is 0 Å². The third-order valence-corrected chi connectivity index (χ3v) is 3.49. The highest BCUT2D eigenvalue weighted by atomic mass is 35.5. The van der Waals surface area contributed by atoms with Gasteiger partial charge in [0.25, 0.3) is 0 Å². The van der Waals surface area contributed by atoms with Gasteiger partial charge in [-0.2, -0.15) is 5.10 Å². The first-order chi connectivity index (χ1) is 8.47. The minimum atomic E-state index is 0.492. The molecule has 0 spiro atoms. The van der Waals surface area contributed by atoms with Crippen LogP contribution in [0.3, 0.4) is 0 Å². The van der Waals surface area contributed by atoms with Crippen LogP contribution in [0.5, 0.6) is 0 Å². The average Bonchev–Trinajstić information content (AvgIpc) is 2.62. The topological polar surface area (TPSA) is 17.8 Å². The number of halogens is 3. The van der Waals surface area contributed by atoms with Crippen molar-refractivity contribution in [3.63, 3.8) is 0 Å². The lowest BCUT2D eigenvalue weighted by molar-refractivity contribution is 0.628. The van der Waals surface area contributed by atoms with Gasteiger partial charge in [0.15, 0.2) is 0 Å². The van der Waals surface area contributed by atoms with E-state index in [1.54, 1.807) is 16.8 Å². The molecule has 96 valence electrons. The summed E-state index contributed by atoms with van der Waals surface area (Å²) in [6, 6.07) is 7.21. The number of rotatable bonds is 3. The van der Waals surface area contributed by atoms with Crippen LogP contribution in [0.15, 0.2) is 24.3 Å². The van der Waals surface area contributed by atoms with Crippen LogP contribution in [0.2, 0.25) is 15.2 Å². The average molecular weight is 304 g/mol. The smallest absolute Gasteiger partial charge is 0.133 e. The van der Waals surface area contributed by atoms with Crippen molar-refractivity contribution in [1.82, 2.24) is 9.78 Å². The van der Waals surface area contributed by atoms with Crippen LogP contribution < -0.4 is 0 Å². The molecule has 0 saturated carbocycles. The largest absolute Gasteiger partial charge is 0.222 e. The number of benzene rings is 1. The molecule has 0 aliphatic heterocycles. The van der Waals surface area contributed by atoms with Crippen molar-refractivity contribution in [2.45, 2.75) is 20.3 Å². The van der Waals surface area contributed by atoms with Gasteiger partial charge in [-0.05, 0) is 36.6 Å². The van der Waals surface area contributed by atoms with E-state index in [9.17, 15) is 0 Å². The fourth-order valence-corrected chi connectivity index (χ4v) is 2.27. The molecule has 0 saturated heterocycles. The highest BCUT2D eigenvalue weighted by Crippen LogP contribution is 2.26. The van der Waals surface area contributed by atoms with Crippen LogP contribution in [0.1, 0.15) is 19.5 Å². The molecule has 0 fully saturated rings. The van der Waals surface area contributed by atoms with Crippen molar-refractivity contribution in [1.29, 1.82) is 0 Å². The number of hydrogen-bond acceptors (Lipinski definition) is 1. The van der Waals surface area contributed by atoms with E-state index in [-0.39, 0.29) is 0 Å². The Morgan fingerprint density at radius 1 is 1.11 bits per heavy atom. The lowest BCUT2D eigenvalue weighted by Gasteiger charge is -2.05. The summed E-state index contributed by atoms with van der Waals surface area (Å²) in [7, 11) is 0. The Labute approximate surface area is 121 Å². The first-order valence-electron chi connectivity index (χ1n) is 5.67. The molecular formula is C13H13Cl3N2. The molecular weight excluding hydrogens is 291 g/mol. The summed E-state index contributed by atoms with van der Waals surface area (Å²) < 4.78 is 1.67. The third kappa shape index (κ3) is 3.00. The van der Waals surface area contributed by atoms with Crippen LogP contribution in [0.25, 0.3) is 5.69 Å². The summed E-state index contributed by atoms with van der Waals surface area (Å²) in [4.78, 5) is 0. The number of hydrogen-bond donors (Lipinski definition) is 0. The first kappa shape index (κ1) is 13.7. The summed E-state index contributed by atoms with van der Waals surface area (Å²) in [6.45, 7) is 4.29. The Morgan fingerprint density at radius 3 is 2.44 bits per heavy atom. The molecule has 18 heavy (non-hydrogen) atoms. The summed E-state index contributed by atoms with van der Waals surface area (Å²) in [5.74, 6) is 0.540. The maximum absolute atomic E-state index is 6.18. The Bertz CT molecular complexity index is 561. The summed E-state index contributed by atoms with van der Waals surface area (Å²) in [5.41, 5.74) is 1.78. The van der Waals surface area contributed by atoms with Crippen molar-refractivity contribution in [2.75, 3.05) is 0 Å². The van der Waals surface area contributed by atoms with Gasteiger partial charge in [-0.15, -0.1) is 0 Å². The molecule has 0 N–H and O–H groups in total. The molecule has 1 aromatic carbocycles. The SMILES string of the molecule is CC(C)Cc1cc(Cl)n(-c2ccc(Cl)c(Cl)c2)n1. The minimum absolute atomic E-state index is 0.492. The summed E-state index contributed by atoms with van der Waals surface area (Å²) >= 11 is 18.1. The molecule has 0 bridgehead atoms. The summed E-state index contributed by atoms with van der Waals surface area (Å²) in [6.07, 6.45) is 0.897. The second-order valence-corrected chi connectivity index (χ2v) is 5.77. The van der Waals surface area contributed by atoms with Crippen LogP contribution in [-0.2, 0) is 6.42 Å². The van der Waals surface area contributed by atoms with E-state index in [0.717, 1.165) is 17.8 Å². The monoisotopic (exact) mass is 302 g/mol. The quantitative estimate of drug-likeness (QED) is 0.777. The van der Waals surface area contributed by atoms with Gasteiger partial charge >= 0.3 is 0 Å². The molecule has 0 atom stereocenters. The standard InChI is InChI=1S/C13H13Cl3N2/c1-8(2)5-9-6-13(16)18(17-9)10-3-4-11(14)12(15)7-10/h3-4,6-8H,5H2,1-2H3. The van der Waals surface area contributed by atoms with Crippen LogP contribution in [-0.4, -0.2) is 9.78 Å². The van der Waals surface area contributed by atoms with E-state index in [1.165, 1.54) is 0 Å². The van der Waals surface area contributed by atoms with Gasteiger partial charge in [0.1, 0.15) is 5.15 Å². The van der Waals surface area contributed by atoms with E-state index >= 15 is 0 Å². The fraction of sp³-hybridized carbons (Fsp3) is 0.308. The van der Waals surface area contributed by atoms with Crippen LogP contribution in [0, 0.1) is 5.92 Å². The van der Waals surface area contributed by atoms with Gasteiger partial charge < -0.3 is 0 Å². The molecule has 0 unspecified atom stereocenters. The molecule has 0 radical (unpaired) electrons. The highest BCUT2D eigenvalue weighted by Gasteiger charge is 2.10. The molecule has 5 heteroatoms. The molecule has 1 heterocycles. The zero-order valence-electron chi connectivity index (χ0n) is 10.1. The zero-order chi connectivity index (χ0) is 13.3. The van der Waals surface area contributed by atoms with Crippen molar-refractivity contribution < 1.29 is 0 Å². The van der Waals surface area contributed by atoms with E-state index in [2.05, 4.69) is 18.9 Å². The van der Waals surface area contributed by atoms with Gasteiger partial charge in [-0.3, -0.25) is 0 Å². The van der Waals surface area contributed by atoms with Crippen molar-refractivity contribution in [3.05, 3.63) is 45.2 Å². The molecule has 0 aliphatic carbocycles. The maximum atomic E-state index is 6.18. The lowest BCUT2D eigenvalue weighted by Crippen LogP contribution is -1.99. The van der Waals surface area contributed by atoms with E-state index in [4.69, 9.17) is 34.8 Å². The van der Waals surface area contributed by atoms with Crippen molar-refractivity contribution in [2.24, 2.45) is 5.92 Å². The molecule has 2 nitrogen and oxygen atoms in total. The normalized spacial score (nSPS) is 11.2. The van der Waals surface area contributed by atoms with E-state index in [0.29, 0.717) is 21.1 Å². The van der Waals surface area contributed by atoms with Crippen LogP contribution >= 0.6 is 34.8 Å². The predicted molar refractivity (Wildman–Crippen MR) is 77.1 cm³/mol. The van der Waals surface area contributed by atoms with E-state index < -0.39 is 0 Å². The molecule has 0 amide bonds. The molecule has 2 rings (SSSR count). The van der Waals surface area contributed by atoms with Gasteiger partial charge in [0.05, 0.1) is 21.4 Å². The third-order valence-electron chi connectivity index (χ3n) is 2.48. The van der Waals surface area contributed by atoms with E-state index in [1.807, 2.05) is 12.1 Å². The fourth-order valence-electron chi connectivity index (χ4n) is 1.72. The van der Waals surface area contributed by atoms with Crippen molar-refractivity contribution in [3.8, 4) is 5.69 Å². The molecule has 1 aromatic heterocycles. The maximum Gasteiger partial charge on any atom is 0.133 e. The Hall–Kier alpha value is -0.700. The summed E-state index contributed by atoms with van der Waals surface area (Å²) in [5, 5.41) is 6.06. The Morgan fingerprint density at radius 2 is 1.83 bits per heavy atom. The predicted octanol–water partition coefficient (Wildman–Crippen LogP) is 5.03. The van der Waals surface area contributed by atoms with Gasteiger partial charge in [-0.1, -0.05) is 48.7 Å². The minimum Gasteiger partial charge on any atom is -0.222 e. The van der Waals surface area contributed by atoms with Gasteiger partial charge in [0.2, 0.25) is 0 Å². The van der Waals surface area contributed by atoms with Gasteiger partial charge in [0, 0.05) is 0 Å². The molecule has 2 aromatic rings. The second kappa shape index (κ2) is 5.52. The molecule has 0 aliphatic rings. The van der Waals surface area contributed by atoms with Crippen molar-refractivity contribution >= 4 is 34.8 Å². The Kier molecular flexibility index (Phi) is 4.21. The second-order valence-electron chi connectivity index (χ2n) is 4.57. The highest BCUT2D eigenvalue weighted by molar-refractivity contribution is 6.42.